The summed E-state index contributed by atoms with van der Waals surface area (Å²) in [6.07, 6.45) is 6.43. The van der Waals surface area contributed by atoms with Crippen molar-refractivity contribution in [2.75, 3.05) is 7.05 Å². The van der Waals surface area contributed by atoms with Gasteiger partial charge in [-0.3, -0.25) is 4.90 Å². The van der Waals surface area contributed by atoms with Crippen molar-refractivity contribution in [2.24, 2.45) is 11.7 Å². The first kappa shape index (κ1) is 16.2. The van der Waals surface area contributed by atoms with E-state index in [2.05, 4.69) is 42.5 Å². The standard InChI is InChI=1S/C21H31N3/c1-4-24-14(2)18(11-20(22)15-7-5-6-8-15)19-9-16-12-23(3)13-17(16)10-21(19)24/h9-10,15,20H,4-8,11-13,22H2,1-3H3. The maximum absolute atomic E-state index is 6.64. The number of nitrogens with zero attached hydrogens (tertiary/aromatic N) is 2. The molecule has 3 heteroatoms. The number of fused-ring (bicyclic) bond motifs is 2. The van der Waals surface area contributed by atoms with E-state index in [1.54, 1.807) is 0 Å². The van der Waals surface area contributed by atoms with Crippen LogP contribution in [0.25, 0.3) is 10.9 Å². The van der Waals surface area contributed by atoms with Crippen LogP contribution in [0.3, 0.4) is 0 Å². The summed E-state index contributed by atoms with van der Waals surface area (Å²) in [6, 6.07) is 5.22. The lowest BCUT2D eigenvalue weighted by molar-refractivity contribution is 0.353. The molecule has 1 fully saturated rings. The molecular weight excluding hydrogens is 294 g/mol. The predicted molar refractivity (Wildman–Crippen MR) is 101 cm³/mol. The Hall–Kier alpha value is -1.32. The first-order chi connectivity index (χ1) is 11.6. The van der Waals surface area contributed by atoms with E-state index in [0.717, 1.165) is 32.0 Å². The van der Waals surface area contributed by atoms with Gasteiger partial charge in [-0.1, -0.05) is 12.8 Å². The lowest BCUT2D eigenvalue weighted by Gasteiger charge is -2.19. The first-order valence-corrected chi connectivity index (χ1v) is 9.66. The van der Waals surface area contributed by atoms with Crippen molar-refractivity contribution >= 4 is 10.9 Å². The molecule has 2 aromatic rings. The lowest BCUT2D eigenvalue weighted by atomic mass is 9.91. The summed E-state index contributed by atoms with van der Waals surface area (Å²) in [5.41, 5.74) is 14.0. The highest BCUT2D eigenvalue weighted by molar-refractivity contribution is 5.87. The zero-order chi connectivity index (χ0) is 16.8. The van der Waals surface area contributed by atoms with E-state index >= 15 is 0 Å². The van der Waals surface area contributed by atoms with Crippen LogP contribution in [0.5, 0.6) is 0 Å². The average molecular weight is 326 g/mol. The van der Waals surface area contributed by atoms with Gasteiger partial charge in [0.15, 0.2) is 0 Å². The van der Waals surface area contributed by atoms with Gasteiger partial charge in [-0.05, 0) is 74.9 Å². The molecule has 1 aromatic carbocycles. The zero-order valence-electron chi connectivity index (χ0n) is 15.4. The van der Waals surface area contributed by atoms with Gasteiger partial charge in [-0.15, -0.1) is 0 Å². The van der Waals surface area contributed by atoms with Gasteiger partial charge in [0.25, 0.3) is 0 Å². The van der Waals surface area contributed by atoms with E-state index in [1.807, 2.05) is 0 Å². The van der Waals surface area contributed by atoms with Gasteiger partial charge < -0.3 is 10.3 Å². The molecule has 0 bridgehead atoms. The van der Waals surface area contributed by atoms with Crippen molar-refractivity contribution in [1.82, 2.24) is 9.47 Å². The van der Waals surface area contributed by atoms with E-state index in [4.69, 9.17) is 5.73 Å². The number of hydrogen-bond donors (Lipinski definition) is 1. The van der Waals surface area contributed by atoms with Gasteiger partial charge in [-0.2, -0.15) is 0 Å². The second kappa shape index (κ2) is 6.20. The van der Waals surface area contributed by atoms with Gasteiger partial charge in [0.2, 0.25) is 0 Å². The second-order valence-corrected chi connectivity index (χ2v) is 8.03. The Bertz CT molecular complexity index is 752. The average Bonchev–Trinajstić information content (AvgIpc) is 3.24. The van der Waals surface area contributed by atoms with Crippen LogP contribution in [-0.2, 0) is 26.1 Å². The molecule has 0 saturated heterocycles. The quantitative estimate of drug-likeness (QED) is 0.923. The second-order valence-electron chi connectivity index (χ2n) is 8.03. The van der Waals surface area contributed by atoms with E-state index < -0.39 is 0 Å². The fraction of sp³-hybridized carbons (Fsp3) is 0.619. The van der Waals surface area contributed by atoms with E-state index in [9.17, 15) is 0 Å². The molecule has 1 atom stereocenters. The molecule has 0 spiro atoms. The molecule has 2 heterocycles. The molecule has 4 rings (SSSR count). The van der Waals surface area contributed by atoms with E-state index in [0.29, 0.717) is 6.04 Å². The van der Waals surface area contributed by atoms with Crippen LogP contribution >= 0.6 is 0 Å². The van der Waals surface area contributed by atoms with Crippen LogP contribution < -0.4 is 5.73 Å². The number of aromatic nitrogens is 1. The molecule has 0 radical (unpaired) electrons. The topological polar surface area (TPSA) is 34.2 Å². The molecule has 130 valence electrons. The number of nitrogens with two attached hydrogens (primary N) is 1. The maximum atomic E-state index is 6.64. The summed E-state index contributed by atoms with van der Waals surface area (Å²) < 4.78 is 2.49. The third-order valence-electron chi connectivity index (χ3n) is 6.42. The minimum atomic E-state index is 0.318. The molecule has 1 unspecified atom stereocenters. The van der Waals surface area contributed by atoms with Crippen molar-refractivity contribution in [3.63, 3.8) is 0 Å². The summed E-state index contributed by atoms with van der Waals surface area (Å²) in [5, 5.41) is 1.46. The number of benzene rings is 1. The van der Waals surface area contributed by atoms with Gasteiger partial charge in [-0.25, -0.2) is 0 Å². The van der Waals surface area contributed by atoms with Crippen LogP contribution in [-0.4, -0.2) is 22.6 Å². The Balaban J connectivity index is 1.76. The van der Waals surface area contributed by atoms with Crippen molar-refractivity contribution < 1.29 is 0 Å². The monoisotopic (exact) mass is 325 g/mol. The fourth-order valence-electron chi connectivity index (χ4n) is 5.06. The summed E-state index contributed by atoms with van der Waals surface area (Å²) in [4.78, 5) is 2.40. The fourth-order valence-corrected chi connectivity index (χ4v) is 5.06. The van der Waals surface area contributed by atoms with Crippen LogP contribution in [0.2, 0.25) is 0 Å². The Morgan fingerprint density at radius 3 is 2.50 bits per heavy atom. The third kappa shape index (κ3) is 2.58. The molecule has 1 aliphatic heterocycles. The highest BCUT2D eigenvalue weighted by Gasteiger charge is 2.26. The molecule has 3 nitrogen and oxygen atoms in total. The van der Waals surface area contributed by atoms with Crippen LogP contribution in [0.15, 0.2) is 12.1 Å². The minimum absolute atomic E-state index is 0.318. The Labute approximate surface area is 145 Å². The molecular formula is C21H31N3. The van der Waals surface area contributed by atoms with E-state index in [1.165, 1.54) is 59.0 Å². The molecule has 1 aromatic heterocycles. The lowest BCUT2D eigenvalue weighted by Crippen LogP contribution is -2.30. The molecule has 1 aliphatic carbocycles. The normalized spacial score (nSPS) is 20.2. The molecule has 2 aliphatic rings. The van der Waals surface area contributed by atoms with Crippen LogP contribution in [0, 0.1) is 12.8 Å². The number of rotatable bonds is 4. The Morgan fingerprint density at radius 2 is 1.83 bits per heavy atom. The summed E-state index contributed by atoms with van der Waals surface area (Å²) >= 11 is 0. The number of hydrogen-bond acceptors (Lipinski definition) is 2. The third-order valence-corrected chi connectivity index (χ3v) is 6.42. The van der Waals surface area contributed by atoms with Gasteiger partial charge in [0.05, 0.1) is 0 Å². The smallest absolute Gasteiger partial charge is 0.0488 e. The SMILES string of the molecule is CCn1c(C)c(CC(N)C2CCCC2)c2cc3c(cc21)CN(C)C3. The van der Waals surface area contributed by atoms with Crippen molar-refractivity contribution in [1.29, 1.82) is 0 Å². The number of aryl methyl sites for hydroxylation is 1. The summed E-state index contributed by atoms with van der Waals surface area (Å²) in [7, 11) is 2.21. The van der Waals surface area contributed by atoms with Gasteiger partial charge in [0.1, 0.15) is 0 Å². The van der Waals surface area contributed by atoms with Gasteiger partial charge in [0, 0.05) is 42.3 Å². The highest BCUT2D eigenvalue weighted by Crippen LogP contribution is 2.35. The first-order valence-electron chi connectivity index (χ1n) is 9.66. The van der Waals surface area contributed by atoms with Crippen molar-refractivity contribution in [3.05, 3.63) is 34.5 Å². The molecule has 0 amide bonds. The largest absolute Gasteiger partial charge is 0.345 e. The maximum Gasteiger partial charge on any atom is 0.0488 e. The van der Waals surface area contributed by atoms with Gasteiger partial charge >= 0.3 is 0 Å². The zero-order valence-corrected chi connectivity index (χ0v) is 15.4. The van der Waals surface area contributed by atoms with E-state index in [-0.39, 0.29) is 0 Å². The summed E-state index contributed by atoms with van der Waals surface area (Å²) in [5.74, 6) is 0.727. The Morgan fingerprint density at radius 1 is 1.17 bits per heavy atom. The minimum Gasteiger partial charge on any atom is -0.345 e. The van der Waals surface area contributed by atoms with Crippen LogP contribution in [0.4, 0.5) is 0 Å². The predicted octanol–water partition coefficient (Wildman–Crippen LogP) is 3.98. The van der Waals surface area contributed by atoms with Crippen molar-refractivity contribution in [3.8, 4) is 0 Å². The molecule has 1 saturated carbocycles. The molecule has 2 N–H and O–H groups in total. The van der Waals surface area contributed by atoms with Crippen LogP contribution in [0.1, 0.15) is 55.0 Å². The molecule has 24 heavy (non-hydrogen) atoms. The highest BCUT2D eigenvalue weighted by atomic mass is 15.1. The Kier molecular flexibility index (Phi) is 4.17. The van der Waals surface area contributed by atoms with Crippen molar-refractivity contribution in [2.45, 2.75) is 71.6 Å². The summed E-state index contributed by atoms with van der Waals surface area (Å²) in [6.45, 7) is 7.74.